The Bertz CT molecular complexity index is 439. The van der Waals surface area contributed by atoms with Gasteiger partial charge in [0.15, 0.2) is 0 Å². The standard InChI is InChI=1S/C13H17BrN2O/c1-9-4-5-12(14)11(6-9)13(17)16-7-10(8-16)15(2)3/h4-6,10H,7-8H2,1-3H3. The third-order valence-corrected chi connectivity index (χ3v) is 3.92. The van der Waals surface area contributed by atoms with E-state index < -0.39 is 0 Å². The van der Waals surface area contributed by atoms with Crippen LogP contribution in [0, 0.1) is 6.92 Å². The summed E-state index contributed by atoms with van der Waals surface area (Å²) >= 11 is 3.44. The van der Waals surface area contributed by atoms with Gasteiger partial charge in [-0.2, -0.15) is 0 Å². The number of benzene rings is 1. The molecule has 0 aliphatic carbocycles. The minimum Gasteiger partial charge on any atom is -0.335 e. The number of likely N-dealkylation sites (N-methyl/N-ethyl adjacent to an activating group) is 1. The van der Waals surface area contributed by atoms with Crippen molar-refractivity contribution in [3.05, 3.63) is 33.8 Å². The van der Waals surface area contributed by atoms with E-state index in [0.717, 1.165) is 28.7 Å². The molecule has 1 aliphatic heterocycles. The molecule has 0 aromatic heterocycles. The molecule has 0 spiro atoms. The van der Waals surface area contributed by atoms with Crippen LogP contribution in [0.15, 0.2) is 22.7 Å². The molecule has 1 amide bonds. The highest BCUT2D eigenvalue weighted by Gasteiger charge is 2.32. The molecule has 1 heterocycles. The van der Waals surface area contributed by atoms with Gasteiger partial charge in [-0.1, -0.05) is 11.6 Å². The number of aryl methyl sites for hydroxylation is 1. The fourth-order valence-corrected chi connectivity index (χ4v) is 2.34. The van der Waals surface area contributed by atoms with Gasteiger partial charge < -0.3 is 9.80 Å². The lowest BCUT2D eigenvalue weighted by Crippen LogP contribution is -2.59. The zero-order valence-corrected chi connectivity index (χ0v) is 12.0. The van der Waals surface area contributed by atoms with Gasteiger partial charge in [0, 0.05) is 23.6 Å². The Balaban J connectivity index is 2.09. The fourth-order valence-electron chi connectivity index (χ4n) is 1.92. The van der Waals surface area contributed by atoms with Gasteiger partial charge >= 0.3 is 0 Å². The van der Waals surface area contributed by atoms with Crippen LogP contribution in [0.1, 0.15) is 15.9 Å². The quantitative estimate of drug-likeness (QED) is 0.835. The summed E-state index contributed by atoms with van der Waals surface area (Å²) in [7, 11) is 4.10. The van der Waals surface area contributed by atoms with Crippen molar-refractivity contribution in [3.63, 3.8) is 0 Å². The highest BCUT2D eigenvalue weighted by molar-refractivity contribution is 9.10. The number of hydrogen-bond acceptors (Lipinski definition) is 2. The van der Waals surface area contributed by atoms with Crippen LogP contribution in [0.4, 0.5) is 0 Å². The second kappa shape index (κ2) is 4.78. The molecule has 1 aromatic carbocycles. The first kappa shape index (κ1) is 12.6. The van der Waals surface area contributed by atoms with Gasteiger partial charge in [-0.3, -0.25) is 4.79 Å². The van der Waals surface area contributed by atoms with E-state index in [-0.39, 0.29) is 5.91 Å². The molecule has 0 saturated carbocycles. The summed E-state index contributed by atoms with van der Waals surface area (Å²) in [6.07, 6.45) is 0. The molecule has 1 aliphatic rings. The smallest absolute Gasteiger partial charge is 0.255 e. The SMILES string of the molecule is Cc1ccc(Br)c(C(=O)N2CC(N(C)C)C2)c1. The van der Waals surface area contributed by atoms with E-state index >= 15 is 0 Å². The number of nitrogens with zero attached hydrogens (tertiary/aromatic N) is 2. The summed E-state index contributed by atoms with van der Waals surface area (Å²) in [6.45, 7) is 3.65. The van der Waals surface area contributed by atoms with Gasteiger partial charge in [-0.05, 0) is 49.1 Å². The second-order valence-corrected chi connectivity index (χ2v) is 5.67. The molecule has 1 aromatic rings. The largest absolute Gasteiger partial charge is 0.335 e. The number of halogens is 1. The lowest BCUT2D eigenvalue weighted by Gasteiger charge is -2.42. The molecular formula is C13H17BrN2O. The summed E-state index contributed by atoms with van der Waals surface area (Å²) in [6, 6.07) is 6.38. The molecule has 92 valence electrons. The summed E-state index contributed by atoms with van der Waals surface area (Å²) in [5.74, 6) is 0.124. The van der Waals surface area contributed by atoms with E-state index in [1.54, 1.807) is 0 Å². The van der Waals surface area contributed by atoms with E-state index in [1.807, 2.05) is 30.0 Å². The van der Waals surface area contributed by atoms with Crippen molar-refractivity contribution < 1.29 is 4.79 Å². The Morgan fingerprint density at radius 2 is 2.06 bits per heavy atom. The average molecular weight is 297 g/mol. The molecule has 0 unspecified atom stereocenters. The van der Waals surface area contributed by atoms with Gasteiger partial charge in [0.1, 0.15) is 0 Å². The number of likely N-dealkylation sites (tertiary alicyclic amines) is 1. The molecule has 1 fully saturated rings. The van der Waals surface area contributed by atoms with Crippen molar-refractivity contribution in [3.8, 4) is 0 Å². The lowest BCUT2D eigenvalue weighted by atomic mass is 10.0. The number of hydrogen-bond donors (Lipinski definition) is 0. The van der Waals surface area contributed by atoms with Crippen LogP contribution in [-0.2, 0) is 0 Å². The normalized spacial score (nSPS) is 16.2. The van der Waals surface area contributed by atoms with E-state index in [2.05, 4.69) is 34.9 Å². The zero-order valence-electron chi connectivity index (χ0n) is 10.4. The summed E-state index contributed by atoms with van der Waals surface area (Å²) in [5, 5.41) is 0. The van der Waals surface area contributed by atoms with Crippen molar-refractivity contribution in [2.24, 2.45) is 0 Å². The molecule has 1 saturated heterocycles. The summed E-state index contributed by atoms with van der Waals surface area (Å²) in [5.41, 5.74) is 1.88. The Morgan fingerprint density at radius 3 is 2.65 bits per heavy atom. The first-order chi connectivity index (χ1) is 7.99. The Labute approximate surface area is 111 Å². The second-order valence-electron chi connectivity index (χ2n) is 4.81. The molecule has 3 nitrogen and oxygen atoms in total. The molecule has 0 N–H and O–H groups in total. The van der Waals surface area contributed by atoms with E-state index in [0.29, 0.717) is 6.04 Å². The van der Waals surface area contributed by atoms with Gasteiger partial charge in [-0.15, -0.1) is 0 Å². The Kier molecular flexibility index (Phi) is 3.54. The minimum atomic E-state index is 0.124. The van der Waals surface area contributed by atoms with Gasteiger partial charge in [0.2, 0.25) is 0 Å². The first-order valence-electron chi connectivity index (χ1n) is 5.71. The highest BCUT2D eigenvalue weighted by atomic mass is 79.9. The Morgan fingerprint density at radius 1 is 1.41 bits per heavy atom. The van der Waals surface area contributed by atoms with Crippen molar-refractivity contribution >= 4 is 21.8 Å². The first-order valence-corrected chi connectivity index (χ1v) is 6.50. The molecule has 17 heavy (non-hydrogen) atoms. The number of carbonyl (C=O) groups excluding carboxylic acids is 1. The zero-order chi connectivity index (χ0) is 12.6. The molecular weight excluding hydrogens is 280 g/mol. The maximum Gasteiger partial charge on any atom is 0.255 e. The van der Waals surface area contributed by atoms with Gasteiger partial charge in [0.25, 0.3) is 5.91 Å². The molecule has 2 rings (SSSR count). The van der Waals surface area contributed by atoms with Crippen LogP contribution >= 0.6 is 15.9 Å². The van der Waals surface area contributed by atoms with Crippen molar-refractivity contribution in [2.45, 2.75) is 13.0 Å². The molecule has 0 atom stereocenters. The monoisotopic (exact) mass is 296 g/mol. The average Bonchev–Trinajstić information content (AvgIpc) is 2.18. The summed E-state index contributed by atoms with van der Waals surface area (Å²) < 4.78 is 0.876. The molecule has 0 radical (unpaired) electrons. The maximum absolute atomic E-state index is 12.2. The van der Waals surface area contributed by atoms with E-state index in [9.17, 15) is 4.79 Å². The maximum atomic E-state index is 12.2. The van der Waals surface area contributed by atoms with Crippen LogP contribution in [0.2, 0.25) is 0 Å². The lowest BCUT2D eigenvalue weighted by molar-refractivity contribution is 0.0398. The highest BCUT2D eigenvalue weighted by Crippen LogP contribution is 2.23. The summed E-state index contributed by atoms with van der Waals surface area (Å²) in [4.78, 5) is 16.3. The number of amides is 1. The third kappa shape index (κ3) is 2.53. The fraction of sp³-hybridized carbons (Fsp3) is 0.462. The topological polar surface area (TPSA) is 23.6 Å². The van der Waals surface area contributed by atoms with Crippen molar-refractivity contribution in [1.29, 1.82) is 0 Å². The van der Waals surface area contributed by atoms with Gasteiger partial charge in [0.05, 0.1) is 5.56 Å². The van der Waals surface area contributed by atoms with Gasteiger partial charge in [-0.25, -0.2) is 0 Å². The van der Waals surface area contributed by atoms with Crippen LogP contribution < -0.4 is 0 Å². The predicted octanol–water partition coefficient (Wildman–Crippen LogP) is 2.14. The number of rotatable bonds is 2. The van der Waals surface area contributed by atoms with E-state index in [4.69, 9.17) is 0 Å². The third-order valence-electron chi connectivity index (χ3n) is 3.23. The van der Waals surface area contributed by atoms with Crippen LogP contribution in [-0.4, -0.2) is 48.9 Å². The number of carbonyl (C=O) groups is 1. The van der Waals surface area contributed by atoms with Crippen LogP contribution in [0.3, 0.4) is 0 Å². The molecule has 4 heteroatoms. The molecule has 0 bridgehead atoms. The Hall–Kier alpha value is -0.870. The van der Waals surface area contributed by atoms with Crippen molar-refractivity contribution in [2.75, 3.05) is 27.2 Å². The predicted molar refractivity (Wildman–Crippen MR) is 72.3 cm³/mol. The van der Waals surface area contributed by atoms with E-state index in [1.165, 1.54) is 0 Å². The van der Waals surface area contributed by atoms with Crippen molar-refractivity contribution in [1.82, 2.24) is 9.80 Å². The van der Waals surface area contributed by atoms with Crippen LogP contribution in [0.25, 0.3) is 0 Å². The minimum absolute atomic E-state index is 0.124. The van der Waals surface area contributed by atoms with Crippen LogP contribution in [0.5, 0.6) is 0 Å².